The molecule has 3 rings (SSSR count). The van der Waals surface area contributed by atoms with Crippen LogP contribution in [0.5, 0.6) is 0 Å². The minimum atomic E-state index is -0.229. The summed E-state index contributed by atoms with van der Waals surface area (Å²) in [5.74, 6) is 0.677. The number of benzene rings is 1. The molecule has 160 valence electrons. The van der Waals surface area contributed by atoms with Gasteiger partial charge in [0.15, 0.2) is 5.96 Å². The second-order valence-electron chi connectivity index (χ2n) is 7.12. The molecule has 29 heavy (non-hydrogen) atoms. The average molecular weight is 532 g/mol. The Morgan fingerprint density at radius 2 is 2.03 bits per heavy atom. The molecule has 0 aliphatic carbocycles. The number of guanidine groups is 1. The predicted molar refractivity (Wildman–Crippen MR) is 128 cm³/mol. The van der Waals surface area contributed by atoms with Gasteiger partial charge in [-0.15, -0.1) is 35.3 Å². The average Bonchev–Trinajstić information content (AvgIpc) is 2.98. The molecule has 1 fully saturated rings. The number of hydrogen-bond donors (Lipinski definition) is 1. The maximum absolute atomic E-state index is 13.3. The number of thiazole rings is 1. The number of aliphatic imine (C=N–C) groups is 1. The Kier molecular flexibility index (Phi) is 9.29. The molecule has 1 aromatic heterocycles. The fraction of sp³-hybridized carbons (Fsp3) is 0.524. The Hall–Kier alpha value is -1.26. The van der Waals surface area contributed by atoms with E-state index in [4.69, 9.17) is 9.73 Å². The van der Waals surface area contributed by atoms with Crippen LogP contribution < -0.4 is 5.32 Å². The largest absolute Gasteiger partial charge is 0.367 e. The van der Waals surface area contributed by atoms with Crippen LogP contribution in [0.2, 0.25) is 0 Å². The first-order valence-corrected chi connectivity index (χ1v) is 10.6. The molecule has 2 aromatic rings. The Balaban J connectivity index is 0.00000300. The standard InChI is InChI=1S/C21H29FN4OS.HI/c1-5-23-21(24-11-10-20-15(3)25-16(4)28-20)26-12-14(2)27-19(13-26)17-6-8-18(22)9-7-17;/h6-9,14,19H,5,10-13H2,1-4H3,(H,23,24);1H. The minimum Gasteiger partial charge on any atom is -0.367 e. The summed E-state index contributed by atoms with van der Waals surface area (Å²) in [6, 6.07) is 6.58. The molecular formula is C21H30FIN4OS. The Bertz CT molecular complexity index is 812. The summed E-state index contributed by atoms with van der Waals surface area (Å²) in [4.78, 5) is 12.9. The zero-order valence-corrected chi connectivity index (χ0v) is 20.6. The third-order valence-corrected chi connectivity index (χ3v) is 5.87. The van der Waals surface area contributed by atoms with Crippen molar-refractivity contribution >= 4 is 41.3 Å². The first-order chi connectivity index (χ1) is 13.5. The van der Waals surface area contributed by atoms with Gasteiger partial charge in [-0.1, -0.05) is 12.1 Å². The lowest BCUT2D eigenvalue weighted by Gasteiger charge is -2.38. The predicted octanol–water partition coefficient (Wildman–Crippen LogP) is 4.49. The van der Waals surface area contributed by atoms with Gasteiger partial charge in [-0.3, -0.25) is 4.99 Å². The molecule has 0 amide bonds. The summed E-state index contributed by atoms with van der Waals surface area (Å²) in [7, 11) is 0. The highest BCUT2D eigenvalue weighted by Gasteiger charge is 2.28. The quantitative estimate of drug-likeness (QED) is 0.351. The molecule has 0 radical (unpaired) electrons. The summed E-state index contributed by atoms with van der Waals surface area (Å²) in [6.07, 6.45) is 0.867. The van der Waals surface area contributed by atoms with Crippen molar-refractivity contribution < 1.29 is 9.13 Å². The number of halogens is 2. The summed E-state index contributed by atoms with van der Waals surface area (Å²) >= 11 is 1.75. The molecule has 1 saturated heterocycles. The van der Waals surface area contributed by atoms with E-state index in [-0.39, 0.29) is 42.0 Å². The second-order valence-corrected chi connectivity index (χ2v) is 8.41. The lowest BCUT2D eigenvalue weighted by Crippen LogP contribution is -2.50. The smallest absolute Gasteiger partial charge is 0.194 e. The molecular weight excluding hydrogens is 502 g/mol. The third kappa shape index (κ3) is 6.62. The van der Waals surface area contributed by atoms with Crippen molar-refractivity contribution in [3.05, 3.63) is 51.2 Å². The fourth-order valence-corrected chi connectivity index (χ4v) is 4.41. The molecule has 2 unspecified atom stereocenters. The van der Waals surface area contributed by atoms with Crippen molar-refractivity contribution in [2.75, 3.05) is 26.2 Å². The normalized spacial score (nSPS) is 19.8. The molecule has 8 heteroatoms. The monoisotopic (exact) mass is 532 g/mol. The summed E-state index contributed by atoms with van der Waals surface area (Å²) < 4.78 is 19.4. The summed E-state index contributed by atoms with van der Waals surface area (Å²) in [5, 5.41) is 4.51. The van der Waals surface area contributed by atoms with E-state index in [1.54, 1.807) is 23.5 Å². The molecule has 0 saturated carbocycles. The van der Waals surface area contributed by atoms with Crippen molar-refractivity contribution in [1.29, 1.82) is 0 Å². The fourth-order valence-electron chi connectivity index (χ4n) is 3.48. The first-order valence-electron chi connectivity index (χ1n) is 9.83. The summed E-state index contributed by atoms with van der Waals surface area (Å²) in [6.45, 7) is 11.2. The van der Waals surface area contributed by atoms with E-state index in [0.29, 0.717) is 6.54 Å². The van der Waals surface area contributed by atoms with Gasteiger partial charge in [0.25, 0.3) is 0 Å². The Labute approximate surface area is 193 Å². The first kappa shape index (κ1) is 24.0. The molecule has 1 aromatic carbocycles. The van der Waals surface area contributed by atoms with Gasteiger partial charge in [0.2, 0.25) is 0 Å². The Morgan fingerprint density at radius 3 is 2.66 bits per heavy atom. The number of nitrogens with zero attached hydrogens (tertiary/aromatic N) is 3. The zero-order valence-electron chi connectivity index (χ0n) is 17.4. The highest BCUT2D eigenvalue weighted by Crippen LogP contribution is 2.25. The molecule has 0 bridgehead atoms. The van der Waals surface area contributed by atoms with Crippen LogP contribution in [0.1, 0.15) is 41.1 Å². The van der Waals surface area contributed by atoms with E-state index in [2.05, 4.69) is 36.0 Å². The van der Waals surface area contributed by atoms with E-state index < -0.39 is 0 Å². The van der Waals surface area contributed by atoms with Crippen LogP contribution in [0.4, 0.5) is 4.39 Å². The maximum atomic E-state index is 13.3. The molecule has 2 heterocycles. The number of morpholine rings is 1. The minimum absolute atomic E-state index is 0. The number of nitrogens with one attached hydrogen (secondary N) is 1. The van der Waals surface area contributed by atoms with Crippen LogP contribution in [0.25, 0.3) is 0 Å². The molecule has 5 nitrogen and oxygen atoms in total. The van der Waals surface area contributed by atoms with Crippen LogP contribution in [-0.2, 0) is 11.2 Å². The van der Waals surface area contributed by atoms with E-state index in [9.17, 15) is 4.39 Å². The van der Waals surface area contributed by atoms with Gasteiger partial charge in [-0.25, -0.2) is 9.37 Å². The number of aryl methyl sites for hydroxylation is 2. The van der Waals surface area contributed by atoms with Gasteiger partial charge in [-0.05, 0) is 45.4 Å². The van der Waals surface area contributed by atoms with Crippen molar-refractivity contribution in [2.24, 2.45) is 4.99 Å². The number of aromatic nitrogens is 1. The number of hydrogen-bond acceptors (Lipinski definition) is 4. The van der Waals surface area contributed by atoms with Crippen LogP contribution >= 0.6 is 35.3 Å². The summed E-state index contributed by atoms with van der Waals surface area (Å²) in [5.41, 5.74) is 2.10. The number of rotatable bonds is 5. The van der Waals surface area contributed by atoms with Crippen LogP contribution in [0.3, 0.4) is 0 Å². The third-order valence-electron chi connectivity index (χ3n) is 4.74. The highest BCUT2D eigenvalue weighted by atomic mass is 127. The van der Waals surface area contributed by atoms with Gasteiger partial charge >= 0.3 is 0 Å². The maximum Gasteiger partial charge on any atom is 0.194 e. The van der Waals surface area contributed by atoms with Gasteiger partial charge in [0.1, 0.15) is 11.9 Å². The SMILES string of the molecule is CCNC(=NCCc1sc(C)nc1C)N1CC(C)OC(c2ccc(F)cc2)C1.I. The van der Waals surface area contributed by atoms with Gasteiger partial charge < -0.3 is 15.0 Å². The lowest BCUT2D eigenvalue weighted by atomic mass is 10.1. The van der Waals surface area contributed by atoms with Gasteiger partial charge in [-0.2, -0.15) is 0 Å². The van der Waals surface area contributed by atoms with Crippen LogP contribution in [-0.4, -0.2) is 48.1 Å². The van der Waals surface area contributed by atoms with Crippen molar-refractivity contribution in [3.8, 4) is 0 Å². The Morgan fingerprint density at radius 1 is 1.31 bits per heavy atom. The van der Waals surface area contributed by atoms with Gasteiger partial charge in [0.05, 0.1) is 23.4 Å². The lowest BCUT2D eigenvalue weighted by molar-refractivity contribution is -0.0605. The van der Waals surface area contributed by atoms with Crippen molar-refractivity contribution in [1.82, 2.24) is 15.2 Å². The van der Waals surface area contributed by atoms with E-state index >= 15 is 0 Å². The zero-order chi connectivity index (χ0) is 20.1. The van der Waals surface area contributed by atoms with Crippen LogP contribution in [0, 0.1) is 19.7 Å². The van der Waals surface area contributed by atoms with Crippen molar-refractivity contribution in [2.45, 2.75) is 46.3 Å². The van der Waals surface area contributed by atoms with Crippen LogP contribution in [0.15, 0.2) is 29.3 Å². The van der Waals surface area contributed by atoms with E-state index in [0.717, 1.165) is 48.3 Å². The van der Waals surface area contributed by atoms with Crippen molar-refractivity contribution in [3.63, 3.8) is 0 Å². The molecule has 1 N–H and O–H groups in total. The molecule has 0 spiro atoms. The molecule has 1 aliphatic heterocycles. The van der Waals surface area contributed by atoms with E-state index in [1.807, 2.05) is 6.92 Å². The topological polar surface area (TPSA) is 49.8 Å². The molecule has 2 atom stereocenters. The molecule has 1 aliphatic rings. The van der Waals surface area contributed by atoms with Gasteiger partial charge in [0, 0.05) is 30.9 Å². The second kappa shape index (κ2) is 11.2. The highest BCUT2D eigenvalue weighted by molar-refractivity contribution is 14.0. The number of ether oxygens (including phenoxy) is 1. The van der Waals surface area contributed by atoms with E-state index in [1.165, 1.54) is 17.0 Å².